The van der Waals surface area contributed by atoms with E-state index in [1.165, 1.54) is 30.4 Å². The highest BCUT2D eigenvalue weighted by Crippen LogP contribution is 2.34. The second-order valence-electron chi connectivity index (χ2n) is 6.97. The SMILES string of the molecule is N#Cc1cccnc1N1CCCN([C@H]2CCCc3ccccc32)CC1. The summed E-state index contributed by atoms with van der Waals surface area (Å²) in [6, 6.07) is 15.5. The van der Waals surface area contributed by atoms with Gasteiger partial charge in [-0.2, -0.15) is 5.26 Å². The second-order valence-corrected chi connectivity index (χ2v) is 6.97. The second kappa shape index (κ2) is 7.25. The molecule has 4 nitrogen and oxygen atoms in total. The third-order valence-corrected chi connectivity index (χ3v) is 5.52. The molecule has 1 aliphatic carbocycles. The van der Waals surface area contributed by atoms with Crippen LogP contribution < -0.4 is 4.90 Å². The standard InChI is InChI=1S/C21H24N4/c22-16-18-8-4-11-23-21(18)25-13-5-12-24(14-15-25)20-10-3-7-17-6-1-2-9-19(17)20/h1-2,4,6,8-9,11,20H,3,5,7,10,12-15H2/t20-/m0/s1. The number of hydrogen-bond donors (Lipinski definition) is 0. The Morgan fingerprint density at radius 3 is 2.84 bits per heavy atom. The molecule has 2 heterocycles. The summed E-state index contributed by atoms with van der Waals surface area (Å²) in [6.07, 6.45) is 6.65. The van der Waals surface area contributed by atoms with Crippen LogP contribution in [0.5, 0.6) is 0 Å². The molecule has 1 aromatic carbocycles. The van der Waals surface area contributed by atoms with Crippen LogP contribution in [0.1, 0.15) is 42.0 Å². The maximum absolute atomic E-state index is 9.36. The predicted molar refractivity (Wildman–Crippen MR) is 99.5 cm³/mol. The zero-order chi connectivity index (χ0) is 17.1. The lowest BCUT2D eigenvalue weighted by atomic mass is 9.87. The Bertz CT molecular complexity index is 779. The van der Waals surface area contributed by atoms with E-state index in [0.717, 1.165) is 38.4 Å². The smallest absolute Gasteiger partial charge is 0.146 e. The summed E-state index contributed by atoms with van der Waals surface area (Å²) in [5.41, 5.74) is 3.73. The van der Waals surface area contributed by atoms with Gasteiger partial charge in [-0.1, -0.05) is 24.3 Å². The summed E-state index contributed by atoms with van der Waals surface area (Å²) in [4.78, 5) is 9.40. The van der Waals surface area contributed by atoms with E-state index in [0.29, 0.717) is 11.6 Å². The molecular formula is C21H24N4. The number of hydrogen-bond acceptors (Lipinski definition) is 4. The van der Waals surface area contributed by atoms with E-state index >= 15 is 0 Å². The van der Waals surface area contributed by atoms with E-state index in [4.69, 9.17) is 0 Å². The highest BCUT2D eigenvalue weighted by Gasteiger charge is 2.27. The Morgan fingerprint density at radius 2 is 1.92 bits per heavy atom. The van der Waals surface area contributed by atoms with Crippen LogP contribution in [0, 0.1) is 11.3 Å². The molecule has 0 spiro atoms. The zero-order valence-corrected chi connectivity index (χ0v) is 14.6. The van der Waals surface area contributed by atoms with E-state index in [9.17, 15) is 5.26 Å². The van der Waals surface area contributed by atoms with Gasteiger partial charge in [0.15, 0.2) is 0 Å². The van der Waals surface area contributed by atoms with E-state index < -0.39 is 0 Å². The number of aromatic nitrogens is 1. The molecule has 1 aromatic heterocycles. The minimum absolute atomic E-state index is 0.545. The Morgan fingerprint density at radius 1 is 1.00 bits per heavy atom. The van der Waals surface area contributed by atoms with Crippen molar-refractivity contribution in [3.8, 4) is 6.07 Å². The monoisotopic (exact) mass is 332 g/mol. The average Bonchev–Trinajstić information content (AvgIpc) is 2.93. The number of fused-ring (bicyclic) bond motifs is 1. The Hall–Kier alpha value is -2.38. The molecule has 0 N–H and O–H groups in total. The Balaban J connectivity index is 1.52. The normalized spacial score (nSPS) is 21.2. The van der Waals surface area contributed by atoms with Crippen molar-refractivity contribution in [2.24, 2.45) is 0 Å². The maximum Gasteiger partial charge on any atom is 0.146 e. The highest BCUT2D eigenvalue weighted by molar-refractivity contribution is 5.53. The molecule has 1 atom stereocenters. The van der Waals surface area contributed by atoms with Crippen molar-refractivity contribution < 1.29 is 0 Å². The van der Waals surface area contributed by atoms with Crippen molar-refractivity contribution >= 4 is 5.82 Å². The molecule has 1 fully saturated rings. The van der Waals surface area contributed by atoms with Gasteiger partial charge in [0.25, 0.3) is 0 Å². The molecule has 4 heteroatoms. The molecule has 0 saturated carbocycles. The van der Waals surface area contributed by atoms with Gasteiger partial charge in [0.1, 0.15) is 11.9 Å². The zero-order valence-electron chi connectivity index (χ0n) is 14.6. The van der Waals surface area contributed by atoms with Gasteiger partial charge in [0.05, 0.1) is 5.56 Å². The highest BCUT2D eigenvalue weighted by atomic mass is 15.3. The molecule has 4 rings (SSSR count). The van der Waals surface area contributed by atoms with Gasteiger partial charge in [-0.25, -0.2) is 4.98 Å². The van der Waals surface area contributed by atoms with Gasteiger partial charge >= 0.3 is 0 Å². The van der Waals surface area contributed by atoms with Gasteiger partial charge in [-0.15, -0.1) is 0 Å². The topological polar surface area (TPSA) is 43.2 Å². The molecule has 1 saturated heterocycles. The maximum atomic E-state index is 9.36. The minimum Gasteiger partial charge on any atom is -0.354 e. The Kier molecular flexibility index (Phi) is 4.67. The predicted octanol–water partition coefficient (Wildman–Crippen LogP) is 3.54. The van der Waals surface area contributed by atoms with Gasteiger partial charge in [-0.3, -0.25) is 4.90 Å². The minimum atomic E-state index is 0.545. The molecule has 1 aliphatic heterocycles. The number of nitriles is 1. The molecule has 25 heavy (non-hydrogen) atoms. The summed E-state index contributed by atoms with van der Waals surface area (Å²) in [7, 11) is 0. The fourth-order valence-corrected chi connectivity index (χ4v) is 4.30. The van der Waals surface area contributed by atoms with Crippen molar-refractivity contribution in [2.75, 3.05) is 31.1 Å². The van der Waals surface area contributed by atoms with Crippen LogP contribution in [0.25, 0.3) is 0 Å². The van der Waals surface area contributed by atoms with Crippen molar-refractivity contribution in [1.82, 2.24) is 9.88 Å². The van der Waals surface area contributed by atoms with Crippen LogP contribution >= 0.6 is 0 Å². The van der Waals surface area contributed by atoms with E-state index in [2.05, 4.69) is 45.1 Å². The van der Waals surface area contributed by atoms with Crippen molar-refractivity contribution in [2.45, 2.75) is 31.7 Å². The number of rotatable bonds is 2. The third-order valence-electron chi connectivity index (χ3n) is 5.52. The lowest BCUT2D eigenvalue weighted by Crippen LogP contribution is -2.35. The first-order chi connectivity index (χ1) is 12.4. The number of pyridine rings is 1. The molecule has 2 aromatic rings. The first kappa shape index (κ1) is 16.1. The van der Waals surface area contributed by atoms with Crippen LogP contribution in [0.15, 0.2) is 42.6 Å². The summed E-state index contributed by atoms with van der Waals surface area (Å²) in [6.45, 7) is 4.05. The summed E-state index contributed by atoms with van der Waals surface area (Å²) in [5.74, 6) is 0.843. The van der Waals surface area contributed by atoms with Crippen LogP contribution in [0.3, 0.4) is 0 Å². The van der Waals surface area contributed by atoms with Crippen LogP contribution in [-0.4, -0.2) is 36.1 Å². The number of benzene rings is 1. The lowest BCUT2D eigenvalue weighted by molar-refractivity contribution is 0.191. The summed E-state index contributed by atoms with van der Waals surface area (Å²) >= 11 is 0. The van der Waals surface area contributed by atoms with Crippen molar-refractivity contribution in [3.63, 3.8) is 0 Å². The fourth-order valence-electron chi connectivity index (χ4n) is 4.30. The van der Waals surface area contributed by atoms with Gasteiger partial charge in [0.2, 0.25) is 0 Å². The quantitative estimate of drug-likeness (QED) is 0.843. The van der Waals surface area contributed by atoms with Crippen LogP contribution in [0.2, 0.25) is 0 Å². The average molecular weight is 332 g/mol. The van der Waals surface area contributed by atoms with Gasteiger partial charge < -0.3 is 4.90 Å². The number of anilines is 1. The van der Waals surface area contributed by atoms with Crippen LogP contribution in [0.4, 0.5) is 5.82 Å². The van der Waals surface area contributed by atoms with Gasteiger partial charge in [0, 0.05) is 38.4 Å². The van der Waals surface area contributed by atoms with Crippen LogP contribution in [-0.2, 0) is 6.42 Å². The summed E-state index contributed by atoms with van der Waals surface area (Å²) in [5, 5.41) is 9.36. The lowest BCUT2D eigenvalue weighted by Gasteiger charge is -2.35. The van der Waals surface area contributed by atoms with Crippen molar-refractivity contribution in [1.29, 1.82) is 5.26 Å². The third kappa shape index (κ3) is 3.25. The molecule has 128 valence electrons. The fraction of sp³-hybridized carbons (Fsp3) is 0.429. The summed E-state index contributed by atoms with van der Waals surface area (Å²) < 4.78 is 0. The molecule has 0 radical (unpaired) electrons. The molecule has 0 amide bonds. The van der Waals surface area contributed by atoms with E-state index in [-0.39, 0.29) is 0 Å². The Labute approximate surface area is 149 Å². The molecule has 0 unspecified atom stereocenters. The molecule has 2 aliphatic rings. The van der Waals surface area contributed by atoms with Crippen molar-refractivity contribution in [3.05, 3.63) is 59.3 Å². The molecule has 0 bridgehead atoms. The first-order valence-electron chi connectivity index (χ1n) is 9.29. The number of aryl methyl sites for hydroxylation is 1. The van der Waals surface area contributed by atoms with Gasteiger partial charge in [-0.05, 0) is 48.9 Å². The largest absolute Gasteiger partial charge is 0.354 e. The van der Waals surface area contributed by atoms with E-state index in [1.54, 1.807) is 6.20 Å². The molecular weight excluding hydrogens is 308 g/mol. The van der Waals surface area contributed by atoms with E-state index in [1.807, 2.05) is 12.1 Å². The number of nitrogens with zero attached hydrogens (tertiary/aromatic N) is 4. The first-order valence-corrected chi connectivity index (χ1v) is 9.29.